The van der Waals surface area contributed by atoms with Crippen molar-refractivity contribution in [2.75, 3.05) is 31.6 Å². The number of nitrogens with zero attached hydrogens (tertiary/aromatic N) is 3. The van der Waals surface area contributed by atoms with Crippen LogP contribution in [0.4, 0.5) is 5.82 Å². The Morgan fingerprint density at radius 1 is 1.40 bits per heavy atom. The molecular weight excluding hydrogens is 188 g/mol. The first-order chi connectivity index (χ1) is 7.36. The van der Waals surface area contributed by atoms with E-state index in [1.165, 1.54) is 13.1 Å². The van der Waals surface area contributed by atoms with E-state index in [-0.39, 0.29) is 0 Å². The van der Waals surface area contributed by atoms with Gasteiger partial charge in [0, 0.05) is 26.0 Å². The predicted octanol–water partition coefficient (Wildman–Crippen LogP) is 0.378. The maximum absolute atomic E-state index is 4.30. The lowest BCUT2D eigenvalue weighted by Crippen LogP contribution is -2.25. The second-order valence-corrected chi connectivity index (χ2v) is 4.59. The second kappa shape index (κ2) is 3.45. The number of piperidine rings is 1. The van der Waals surface area contributed by atoms with Gasteiger partial charge in [-0.25, -0.2) is 4.98 Å². The van der Waals surface area contributed by atoms with E-state index in [0.29, 0.717) is 0 Å². The number of hydrogen-bond acceptors (Lipinski definition) is 4. The number of hydrogen-bond donors (Lipinski definition) is 1. The molecule has 0 amide bonds. The van der Waals surface area contributed by atoms with Crippen LogP contribution in [0.3, 0.4) is 0 Å². The zero-order valence-electron chi connectivity index (χ0n) is 8.93. The molecule has 1 saturated heterocycles. The van der Waals surface area contributed by atoms with Crippen molar-refractivity contribution in [1.82, 2.24) is 15.3 Å². The van der Waals surface area contributed by atoms with Gasteiger partial charge in [-0.2, -0.15) is 0 Å². The van der Waals surface area contributed by atoms with Gasteiger partial charge < -0.3 is 10.2 Å². The van der Waals surface area contributed by atoms with Gasteiger partial charge in [-0.1, -0.05) is 0 Å². The van der Waals surface area contributed by atoms with Crippen molar-refractivity contribution in [1.29, 1.82) is 0 Å². The van der Waals surface area contributed by atoms with E-state index >= 15 is 0 Å². The fraction of sp³-hybridized carbons (Fsp3) is 0.636. The molecule has 2 atom stereocenters. The van der Waals surface area contributed by atoms with Crippen LogP contribution in [-0.4, -0.2) is 36.6 Å². The summed E-state index contributed by atoms with van der Waals surface area (Å²) >= 11 is 0. The van der Waals surface area contributed by atoms with Crippen molar-refractivity contribution in [2.24, 2.45) is 17.8 Å². The smallest absolute Gasteiger partial charge is 0.146 e. The minimum atomic E-state index is 0.873. The normalized spacial score (nSPS) is 32.5. The molecule has 1 saturated carbocycles. The highest BCUT2D eigenvalue weighted by molar-refractivity contribution is 5.34. The predicted molar refractivity (Wildman–Crippen MR) is 58.6 cm³/mol. The average molecular weight is 204 g/mol. The van der Waals surface area contributed by atoms with E-state index in [2.05, 4.69) is 27.2 Å². The first kappa shape index (κ1) is 9.09. The SMILES string of the molecule is CN(CC1C2CNCC21)c1cnccn1. The standard InChI is InChI=1S/C11H16N4/c1-15(11-6-12-2-3-14-11)7-10-8-4-13-5-9(8)10/h2-3,6,8-10,13H,4-5,7H2,1H3. The summed E-state index contributed by atoms with van der Waals surface area (Å²) in [5.41, 5.74) is 0. The van der Waals surface area contributed by atoms with Crippen molar-refractivity contribution in [3.05, 3.63) is 18.6 Å². The Hall–Kier alpha value is -1.16. The fourth-order valence-electron chi connectivity index (χ4n) is 2.72. The molecule has 2 unspecified atom stereocenters. The monoisotopic (exact) mass is 204 g/mol. The molecule has 1 N–H and O–H groups in total. The van der Waals surface area contributed by atoms with E-state index in [1.807, 2.05) is 6.20 Å². The van der Waals surface area contributed by atoms with Gasteiger partial charge in [-0.3, -0.25) is 4.98 Å². The van der Waals surface area contributed by atoms with Crippen molar-refractivity contribution in [3.63, 3.8) is 0 Å². The molecule has 2 aliphatic rings. The first-order valence-electron chi connectivity index (χ1n) is 5.54. The molecular formula is C11H16N4. The van der Waals surface area contributed by atoms with Crippen LogP contribution in [0.1, 0.15) is 0 Å². The molecule has 1 aliphatic carbocycles. The minimum absolute atomic E-state index is 0.873. The van der Waals surface area contributed by atoms with Gasteiger partial charge in [0.2, 0.25) is 0 Å². The van der Waals surface area contributed by atoms with Crippen LogP contribution in [0.2, 0.25) is 0 Å². The molecule has 0 radical (unpaired) electrons. The maximum Gasteiger partial charge on any atom is 0.146 e. The summed E-state index contributed by atoms with van der Waals surface area (Å²) in [6.07, 6.45) is 5.30. The summed E-state index contributed by atoms with van der Waals surface area (Å²) in [6.45, 7) is 3.54. The molecule has 1 aromatic heterocycles. The van der Waals surface area contributed by atoms with Crippen LogP contribution in [0, 0.1) is 17.8 Å². The number of fused-ring (bicyclic) bond motifs is 1. The van der Waals surface area contributed by atoms with Crippen LogP contribution >= 0.6 is 0 Å². The van der Waals surface area contributed by atoms with Crippen molar-refractivity contribution in [2.45, 2.75) is 0 Å². The van der Waals surface area contributed by atoms with Crippen LogP contribution < -0.4 is 10.2 Å². The van der Waals surface area contributed by atoms with E-state index in [4.69, 9.17) is 0 Å². The Morgan fingerprint density at radius 3 is 2.87 bits per heavy atom. The van der Waals surface area contributed by atoms with Crippen LogP contribution in [0.25, 0.3) is 0 Å². The quantitative estimate of drug-likeness (QED) is 0.772. The minimum Gasteiger partial charge on any atom is -0.358 e. The van der Waals surface area contributed by atoms with Gasteiger partial charge in [-0.05, 0) is 30.8 Å². The Morgan fingerprint density at radius 2 is 2.20 bits per heavy atom. The number of nitrogens with one attached hydrogen (secondary N) is 1. The van der Waals surface area contributed by atoms with Crippen LogP contribution in [-0.2, 0) is 0 Å². The Bertz CT molecular complexity index is 330. The molecule has 15 heavy (non-hydrogen) atoms. The summed E-state index contributed by atoms with van der Waals surface area (Å²) in [5, 5.41) is 3.42. The van der Waals surface area contributed by atoms with Gasteiger partial charge in [0.1, 0.15) is 5.82 Å². The van der Waals surface area contributed by atoms with E-state index < -0.39 is 0 Å². The van der Waals surface area contributed by atoms with E-state index in [9.17, 15) is 0 Å². The Labute approximate surface area is 89.7 Å². The topological polar surface area (TPSA) is 41.0 Å². The lowest BCUT2D eigenvalue weighted by Gasteiger charge is -2.18. The molecule has 1 aliphatic heterocycles. The molecule has 2 fully saturated rings. The lowest BCUT2D eigenvalue weighted by atomic mass is 10.2. The summed E-state index contributed by atoms with van der Waals surface area (Å²) in [7, 11) is 2.10. The highest BCUT2D eigenvalue weighted by atomic mass is 15.2. The third-order valence-electron chi connectivity index (χ3n) is 3.69. The molecule has 0 bridgehead atoms. The number of aromatic nitrogens is 2. The largest absolute Gasteiger partial charge is 0.358 e. The van der Waals surface area contributed by atoms with Crippen LogP contribution in [0.15, 0.2) is 18.6 Å². The third kappa shape index (κ3) is 1.59. The zero-order chi connectivity index (χ0) is 10.3. The maximum atomic E-state index is 4.30. The van der Waals surface area contributed by atoms with Crippen LogP contribution in [0.5, 0.6) is 0 Å². The number of anilines is 1. The summed E-state index contributed by atoms with van der Waals surface area (Å²) < 4.78 is 0. The van der Waals surface area contributed by atoms with E-state index in [1.54, 1.807) is 12.4 Å². The molecule has 3 rings (SSSR count). The molecule has 4 heteroatoms. The highest BCUT2D eigenvalue weighted by Gasteiger charge is 2.52. The van der Waals surface area contributed by atoms with Crippen molar-refractivity contribution < 1.29 is 0 Å². The van der Waals surface area contributed by atoms with E-state index in [0.717, 1.165) is 30.1 Å². The van der Waals surface area contributed by atoms with Gasteiger partial charge >= 0.3 is 0 Å². The Balaban J connectivity index is 1.60. The molecule has 0 spiro atoms. The first-order valence-corrected chi connectivity index (χ1v) is 5.54. The molecule has 0 aromatic carbocycles. The third-order valence-corrected chi connectivity index (χ3v) is 3.69. The fourth-order valence-corrected chi connectivity index (χ4v) is 2.72. The molecule has 1 aromatic rings. The van der Waals surface area contributed by atoms with Gasteiger partial charge in [0.25, 0.3) is 0 Å². The summed E-state index contributed by atoms with van der Waals surface area (Å²) in [5.74, 6) is 3.70. The van der Waals surface area contributed by atoms with Gasteiger partial charge in [0.05, 0.1) is 6.20 Å². The number of rotatable bonds is 3. The molecule has 80 valence electrons. The van der Waals surface area contributed by atoms with Gasteiger partial charge in [0.15, 0.2) is 0 Å². The van der Waals surface area contributed by atoms with Crippen molar-refractivity contribution in [3.8, 4) is 0 Å². The lowest BCUT2D eigenvalue weighted by molar-refractivity contribution is 0.590. The summed E-state index contributed by atoms with van der Waals surface area (Å²) in [6, 6.07) is 0. The van der Waals surface area contributed by atoms with Crippen molar-refractivity contribution >= 4 is 5.82 Å². The summed E-state index contributed by atoms with van der Waals surface area (Å²) in [4.78, 5) is 10.6. The second-order valence-electron chi connectivity index (χ2n) is 4.59. The van der Waals surface area contributed by atoms with Gasteiger partial charge in [-0.15, -0.1) is 0 Å². The molecule has 4 nitrogen and oxygen atoms in total. The Kier molecular flexibility index (Phi) is 2.09. The average Bonchev–Trinajstić information content (AvgIpc) is 2.75. The zero-order valence-corrected chi connectivity index (χ0v) is 8.93. The molecule has 2 heterocycles. The highest BCUT2D eigenvalue weighted by Crippen LogP contribution is 2.48.